The minimum atomic E-state index is -0.0590. The molecule has 0 bridgehead atoms. The zero-order chi connectivity index (χ0) is 9.68. The summed E-state index contributed by atoms with van der Waals surface area (Å²) in [5, 5.41) is 11.7. The second kappa shape index (κ2) is 4.29. The molecule has 0 aliphatic heterocycles. The molecule has 0 aliphatic carbocycles. The Hall–Kier alpha value is -1.79. The molecule has 0 spiro atoms. The van der Waals surface area contributed by atoms with Crippen LogP contribution in [0.2, 0.25) is 0 Å². The predicted octanol–water partition coefficient (Wildman–Crippen LogP) is -1.07. The molecule has 1 rings (SSSR count). The highest BCUT2D eigenvalue weighted by molar-refractivity contribution is 5.72. The van der Waals surface area contributed by atoms with Crippen LogP contribution in [0.15, 0.2) is 0 Å². The molecule has 0 aliphatic rings. The van der Waals surface area contributed by atoms with Gasteiger partial charge in [0.1, 0.15) is 0 Å². The Morgan fingerprint density at radius 2 is 2.38 bits per heavy atom. The fourth-order valence-corrected chi connectivity index (χ4v) is 0.766. The molecular weight excluding hydrogens is 172 g/mol. The fourth-order valence-electron chi connectivity index (χ4n) is 0.766. The first-order valence-electron chi connectivity index (χ1n) is 3.84. The molecule has 72 valence electrons. The van der Waals surface area contributed by atoms with Gasteiger partial charge in [0.2, 0.25) is 17.8 Å². The van der Waals surface area contributed by atoms with Crippen molar-refractivity contribution < 1.29 is 4.79 Å². The smallest absolute Gasteiger partial charge is 0.243 e. The summed E-state index contributed by atoms with van der Waals surface area (Å²) in [6, 6.07) is 0. The lowest BCUT2D eigenvalue weighted by atomic mass is 10.6. The van der Waals surface area contributed by atoms with E-state index >= 15 is 0 Å². The third kappa shape index (κ3) is 3.41. The Bertz CT molecular complexity index is 282. The van der Waals surface area contributed by atoms with Gasteiger partial charge in [-0.25, -0.2) is 5.10 Å². The molecule has 0 fully saturated rings. The Morgan fingerprint density at radius 1 is 1.62 bits per heavy atom. The molecule has 1 heterocycles. The number of carbonyl (C=O) groups is 1. The molecule has 7 heteroatoms. The van der Waals surface area contributed by atoms with Crippen molar-refractivity contribution in [2.45, 2.75) is 6.92 Å². The number of rotatable bonds is 4. The Balaban J connectivity index is 2.16. The Labute approximate surface area is 75.1 Å². The number of nitrogens with one attached hydrogen (secondary N) is 3. The summed E-state index contributed by atoms with van der Waals surface area (Å²) in [5.41, 5.74) is 5.29. The topological polar surface area (TPSA) is 109 Å². The highest BCUT2D eigenvalue weighted by Crippen LogP contribution is 1.96. The molecule has 5 N–H and O–H groups in total. The first-order valence-corrected chi connectivity index (χ1v) is 3.84. The number of hydrogen-bond acceptors (Lipinski definition) is 5. The number of hydrogen-bond donors (Lipinski definition) is 4. The number of nitrogens with zero attached hydrogens (tertiary/aromatic N) is 2. The van der Waals surface area contributed by atoms with E-state index in [2.05, 4.69) is 25.8 Å². The molecule has 1 amide bonds. The van der Waals surface area contributed by atoms with Gasteiger partial charge in [-0.15, -0.1) is 5.10 Å². The number of nitrogens with two attached hydrogens (primary N) is 1. The van der Waals surface area contributed by atoms with Crippen LogP contribution in [-0.2, 0) is 4.79 Å². The summed E-state index contributed by atoms with van der Waals surface area (Å²) in [5.74, 6) is 0.640. The van der Waals surface area contributed by atoms with Gasteiger partial charge in [0.15, 0.2) is 0 Å². The maximum absolute atomic E-state index is 10.5. The van der Waals surface area contributed by atoms with Gasteiger partial charge in [0, 0.05) is 20.0 Å². The lowest BCUT2D eigenvalue weighted by Gasteiger charge is -2.01. The molecular formula is C6H12N6O. The number of carbonyl (C=O) groups excluding carboxylic acids is 1. The maximum Gasteiger partial charge on any atom is 0.243 e. The molecule has 0 unspecified atom stereocenters. The third-order valence-corrected chi connectivity index (χ3v) is 1.28. The summed E-state index contributed by atoms with van der Waals surface area (Å²) in [7, 11) is 0. The van der Waals surface area contributed by atoms with E-state index in [1.807, 2.05) is 0 Å². The third-order valence-electron chi connectivity index (χ3n) is 1.28. The monoisotopic (exact) mass is 184 g/mol. The quantitative estimate of drug-likeness (QED) is 0.446. The second-order valence-corrected chi connectivity index (χ2v) is 2.45. The molecule has 0 radical (unpaired) electrons. The van der Waals surface area contributed by atoms with Gasteiger partial charge >= 0.3 is 0 Å². The van der Waals surface area contributed by atoms with Gasteiger partial charge in [0.05, 0.1) is 0 Å². The van der Waals surface area contributed by atoms with Crippen LogP contribution in [0.1, 0.15) is 6.92 Å². The van der Waals surface area contributed by atoms with Crippen LogP contribution in [0.3, 0.4) is 0 Å². The molecule has 7 nitrogen and oxygen atoms in total. The summed E-state index contributed by atoms with van der Waals surface area (Å²) in [6.45, 7) is 2.56. The van der Waals surface area contributed by atoms with E-state index in [1.165, 1.54) is 6.92 Å². The highest BCUT2D eigenvalue weighted by Gasteiger charge is 1.97. The summed E-state index contributed by atoms with van der Waals surface area (Å²) < 4.78 is 0. The van der Waals surface area contributed by atoms with E-state index in [0.717, 1.165) is 0 Å². The van der Waals surface area contributed by atoms with E-state index in [9.17, 15) is 4.79 Å². The van der Waals surface area contributed by atoms with Crippen molar-refractivity contribution in [3.63, 3.8) is 0 Å². The van der Waals surface area contributed by atoms with Gasteiger partial charge < -0.3 is 16.4 Å². The minimum Gasteiger partial charge on any atom is -0.368 e. The fraction of sp³-hybridized carbons (Fsp3) is 0.500. The summed E-state index contributed by atoms with van der Waals surface area (Å²) >= 11 is 0. The molecule has 0 saturated carbocycles. The van der Waals surface area contributed by atoms with Crippen molar-refractivity contribution in [2.75, 3.05) is 24.1 Å². The van der Waals surface area contributed by atoms with Crippen molar-refractivity contribution in [1.82, 2.24) is 20.5 Å². The van der Waals surface area contributed by atoms with Crippen LogP contribution >= 0.6 is 0 Å². The number of amides is 1. The number of nitrogen functional groups attached to an aromatic ring is 1. The summed E-state index contributed by atoms with van der Waals surface area (Å²) in [6.07, 6.45) is 0. The highest BCUT2D eigenvalue weighted by atomic mass is 16.1. The molecule has 1 aromatic rings. The van der Waals surface area contributed by atoms with Crippen molar-refractivity contribution in [3.05, 3.63) is 0 Å². The predicted molar refractivity (Wildman–Crippen MR) is 48.0 cm³/mol. The van der Waals surface area contributed by atoms with Crippen LogP contribution in [0, 0.1) is 0 Å². The second-order valence-electron chi connectivity index (χ2n) is 2.45. The lowest BCUT2D eigenvalue weighted by molar-refractivity contribution is -0.118. The van der Waals surface area contributed by atoms with E-state index < -0.39 is 0 Å². The van der Waals surface area contributed by atoms with Crippen LogP contribution in [-0.4, -0.2) is 34.2 Å². The maximum atomic E-state index is 10.5. The van der Waals surface area contributed by atoms with Crippen LogP contribution in [0.4, 0.5) is 11.9 Å². The van der Waals surface area contributed by atoms with Gasteiger partial charge in [-0.1, -0.05) is 0 Å². The number of aromatic nitrogens is 3. The van der Waals surface area contributed by atoms with Crippen molar-refractivity contribution in [3.8, 4) is 0 Å². The average molecular weight is 184 g/mol. The Morgan fingerprint density at radius 3 is 2.92 bits per heavy atom. The van der Waals surface area contributed by atoms with E-state index in [1.54, 1.807) is 0 Å². The van der Waals surface area contributed by atoms with Crippen LogP contribution in [0.25, 0.3) is 0 Å². The van der Waals surface area contributed by atoms with Gasteiger partial charge in [-0.2, -0.15) is 4.98 Å². The van der Waals surface area contributed by atoms with E-state index in [4.69, 9.17) is 5.73 Å². The van der Waals surface area contributed by atoms with Crippen molar-refractivity contribution in [1.29, 1.82) is 0 Å². The van der Waals surface area contributed by atoms with E-state index in [0.29, 0.717) is 19.0 Å². The average Bonchev–Trinajstić information content (AvgIpc) is 2.45. The summed E-state index contributed by atoms with van der Waals surface area (Å²) in [4.78, 5) is 14.3. The first-order chi connectivity index (χ1) is 6.18. The van der Waals surface area contributed by atoms with Crippen LogP contribution < -0.4 is 16.4 Å². The molecule has 13 heavy (non-hydrogen) atoms. The molecule has 0 saturated heterocycles. The van der Waals surface area contributed by atoms with Gasteiger partial charge in [-0.3, -0.25) is 4.79 Å². The SMILES string of the molecule is CC(=O)NCCNc1n[nH]c(N)n1. The van der Waals surface area contributed by atoms with Gasteiger partial charge in [-0.05, 0) is 0 Å². The van der Waals surface area contributed by atoms with Crippen LogP contribution in [0.5, 0.6) is 0 Å². The van der Waals surface area contributed by atoms with Crippen molar-refractivity contribution >= 4 is 17.8 Å². The number of anilines is 2. The van der Waals surface area contributed by atoms with E-state index in [-0.39, 0.29) is 11.9 Å². The number of H-pyrrole nitrogens is 1. The lowest BCUT2D eigenvalue weighted by Crippen LogP contribution is -2.26. The largest absolute Gasteiger partial charge is 0.368 e. The Kier molecular flexibility index (Phi) is 3.07. The number of aromatic amines is 1. The standard InChI is InChI=1S/C6H12N6O/c1-4(13)8-2-3-9-6-10-5(7)11-12-6/h2-3H2,1H3,(H,8,13)(H4,7,9,10,11,12). The molecule has 0 aromatic carbocycles. The molecule has 0 atom stereocenters. The normalized spacial score (nSPS) is 9.62. The zero-order valence-corrected chi connectivity index (χ0v) is 7.29. The zero-order valence-electron chi connectivity index (χ0n) is 7.29. The minimum absolute atomic E-state index is 0.0590. The first kappa shape index (κ1) is 9.30. The molecule has 1 aromatic heterocycles. The van der Waals surface area contributed by atoms with Crippen molar-refractivity contribution in [2.24, 2.45) is 0 Å². The van der Waals surface area contributed by atoms with Gasteiger partial charge in [0.25, 0.3) is 0 Å².